The summed E-state index contributed by atoms with van der Waals surface area (Å²) in [6, 6.07) is 7.60. The highest BCUT2D eigenvalue weighted by Gasteiger charge is 2.66. The van der Waals surface area contributed by atoms with E-state index in [1.807, 2.05) is 69.5 Å². The standard InChI is InChI=1S/C32H38N2O5/c1-17-8-7-10-23-30(38)20(4)19(3)28-25(15-21-16-33-24-11-6-5-9-22(21)24)34-31(39)32(23,28)27(36)13-12-26(35)29(37)18(2)14-17/h5-7,9-14,16-17,23,25-26,28-30,33,35,37-38H,8,15H2,1-4H3,(H,34,39)/b10-7+,13-12+,18-14+/t17-,23-,25-,26-,28-,29+,30+,32+/m0/s1. The van der Waals surface area contributed by atoms with E-state index in [1.54, 1.807) is 6.92 Å². The molecular formula is C32H38N2O5. The minimum absolute atomic E-state index is 0.0430. The number of carbonyl (C=O) groups is 2. The van der Waals surface area contributed by atoms with Crippen LogP contribution in [0.25, 0.3) is 10.9 Å². The molecule has 1 saturated heterocycles. The number of aromatic nitrogens is 1. The van der Waals surface area contributed by atoms with Gasteiger partial charge >= 0.3 is 0 Å². The number of aliphatic hydroxyl groups is 3. The molecule has 2 heterocycles. The molecule has 8 atom stereocenters. The van der Waals surface area contributed by atoms with Crippen LogP contribution in [0, 0.1) is 23.2 Å². The highest BCUT2D eigenvalue weighted by atomic mass is 16.3. The average Bonchev–Trinajstić information content (AvgIpc) is 3.45. The molecule has 0 bridgehead atoms. The average molecular weight is 531 g/mol. The van der Waals surface area contributed by atoms with Gasteiger partial charge in [-0.1, -0.05) is 48.9 Å². The number of carbonyl (C=O) groups excluding carboxylic acids is 2. The second-order valence-electron chi connectivity index (χ2n) is 11.5. The Balaban J connectivity index is 1.64. The van der Waals surface area contributed by atoms with Gasteiger partial charge in [0.05, 0.1) is 6.10 Å². The Morgan fingerprint density at radius 3 is 2.51 bits per heavy atom. The molecule has 39 heavy (non-hydrogen) atoms. The highest BCUT2D eigenvalue weighted by Crippen LogP contribution is 2.55. The number of rotatable bonds is 2. The lowest BCUT2D eigenvalue weighted by atomic mass is 9.55. The van der Waals surface area contributed by atoms with Crippen molar-refractivity contribution in [3.8, 4) is 0 Å². The van der Waals surface area contributed by atoms with Gasteiger partial charge in [0.25, 0.3) is 0 Å². The van der Waals surface area contributed by atoms with E-state index in [1.165, 1.54) is 12.2 Å². The van der Waals surface area contributed by atoms with Gasteiger partial charge in [-0.2, -0.15) is 0 Å². The number of aromatic amines is 1. The molecule has 7 nitrogen and oxygen atoms in total. The van der Waals surface area contributed by atoms with Crippen molar-refractivity contribution in [1.29, 1.82) is 0 Å². The Morgan fingerprint density at radius 2 is 1.74 bits per heavy atom. The predicted octanol–water partition coefficient (Wildman–Crippen LogP) is 3.53. The van der Waals surface area contributed by atoms with Gasteiger partial charge in [0.2, 0.25) is 5.91 Å². The number of allylic oxidation sites excluding steroid dienone is 3. The number of hydrogen-bond donors (Lipinski definition) is 5. The summed E-state index contributed by atoms with van der Waals surface area (Å²) in [5, 5.41) is 37.0. The maximum atomic E-state index is 14.2. The number of fused-ring (bicyclic) bond motifs is 1. The monoisotopic (exact) mass is 530 g/mol. The summed E-state index contributed by atoms with van der Waals surface area (Å²) in [5.41, 5.74) is 2.66. The summed E-state index contributed by atoms with van der Waals surface area (Å²) in [6.45, 7) is 7.52. The first-order valence-corrected chi connectivity index (χ1v) is 13.7. The van der Waals surface area contributed by atoms with Crippen molar-refractivity contribution in [2.45, 2.75) is 64.9 Å². The van der Waals surface area contributed by atoms with Crippen molar-refractivity contribution in [2.24, 2.45) is 23.2 Å². The molecular weight excluding hydrogens is 492 g/mol. The van der Waals surface area contributed by atoms with Crippen molar-refractivity contribution in [3.63, 3.8) is 0 Å². The maximum absolute atomic E-state index is 14.2. The zero-order valence-corrected chi connectivity index (χ0v) is 22.9. The van der Waals surface area contributed by atoms with Crippen LogP contribution in [0.3, 0.4) is 0 Å². The van der Waals surface area contributed by atoms with Gasteiger partial charge in [0.15, 0.2) is 5.78 Å². The Hall–Kier alpha value is -3.26. The van der Waals surface area contributed by atoms with Gasteiger partial charge in [0, 0.05) is 35.0 Å². The molecule has 1 aliphatic heterocycles. The lowest BCUT2D eigenvalue weighted by molar-refractivity contribution is -0.144. The van der Waals surface area contributed by atoms with Crippen LogP contribution in [0.1, 0.15) is 39.7 Å². The molecule has 0 saturated carbocycles. The van der Waals surface area contributed by atoms with E-state index in [0.29, 0.717) is 18.4 Å². The largest absolute Gasteiger partial charge is 0.388 e. The molecule has 0 radical (unpaired) electrons. The van der Waals surface area contributed by atoms with Crippen LogP contribution >= 0.6 is 0 Å². The van der Waals surface area contributed by atoms with Gasteiger partial charge < -0.3 is 25.6 Å². The smallest absolute Gasteiger partial charge is 0.235 e. The van der Waals surface area contributed by atoms with E-state index in [0.717, 1.165) is 27.6 Å². The first kappa shape index (κ1) is 27.3. The number of amides is 1. The molecule has 7 heteroatoms. The van der Waals surface area contributed by atoms with Crippen molar-refractivity contribution in [1.82, 2.24) is 10.3 Å². The van der Waals surface area contributed by atoms with E-state index in [-0.39, 0.29) is 12.0 Å². The van der Waals surface area contributed by atoms with E-state index in [9.17, 15) is 24.9 Å². The fourth-order valence-corrected chi connectivity index (χ4v) is 6.98. The molecule has 3 aliphatic rings. The molecule has 1 amide bonds. The van der Waals surface area contributed by atoms with E-state index < -0.39 is 47.3 Å². The second kappa shape index (κ2) is 10.4. The third kappa shape index (κ3) is 4.42. The van der Waals surface area contributed by atoms with Crippen LogP contribution in [0.5, 0.6) is 0 Å². The fraction of sp³-hybridized carbons (Fsp3) is 0.438. The summed E-state index contributed by atoms with van der Waals surface area (Å²) < 4.78 is 0. The minimum Gasteiger partial charge on any atom is -0.388 e. The number of para-hydroxylation sites is 1. The fourth-order valence-electron chi connectivity index (χ4n) is 6.98. The predicted molar refractivity (Wildman–Crippen MR) is 151 cm³/mol. The molecule has 5 rings (SSSR count). The number of aliphatic hydroxyl groups excluding tert-OH is 3. The third-order valence-corrected chi connectivity index (χ3v) is 9.14. The molecule has 1 fully saturated rings. The van der Waals surface area contributed by atoms with Crippen LogP contribution in [0.2, 0.25) is 0 Å². The SMILES string of the molecule is CC1=C(C)[C@H]2[C@H](Cc3c[nH]c4ccccc34)NC(=O)[C@]23C(=O)/C=C/[C@H](O)[C@H](O)/C(C)=C/[C@@H](C)C/C=C/[C@H]3[C@@H]1O. The van der Waals surface area contributed by atoms with E-state index in [4.69, 9.17) is 0 Å². The van der Waals surface area contributed by atoms with Crippen LogP contribution in [-0.2, 0) is 16.0 Å². The lowest BCUT2D eigenvalue weighted by Gasteiger charge is -2.45. The van der Waals surface area contributed by atoms with Gasteiger partial charge in [-0.25, -0.2) is 0 Å². The van der Waals surface area contributed by atoms with Crippen molar-refractivity contribution < 1.29 is 24.9 Å². The van der Waals surface area contributed by atoms with E-state index in [2.05, 4.69) is 10.3 Å². The normalized spacial score (nSPS) is 38.5. The van der Waals surface area contributed by atoms with Gasteiger partial charge in [-0.15, -0.1) is 0 Å². The molecule has 0 unspecified atom stereocenters. The van der Waals surface area contributed by atoms with Crippen LogP contribution in [-0.4, -0.2) is 56.3 Å². The maximum Gasteiger partial charge on any atom is 0.235 e. The Labute approximate surface area is 229 Å². The zero-order valence-electron chi connectivity index (χ0n) is 22.9. The number of nitrogens with one attached hydrogen (secondary N) is 2. The van der Waals surface area contributed by atoms with Crippen molar-refractivity contribution >= 4 is 22.6 Å². The minimum atomic E-state index is -1.59. The molecule has 1 aromatic carbocycles. The number of hydrogen-bond acceptors (Lipinski definition) is 5. The quantitative estimate of drug-likeness (QED) is 0.300. The topological polar surface area (TPSA) is 123 Å². The van der Waals surface area contributed by atoms with Gasteiger partial charge in [-0.3, -0.25) is 9.59 Å². The summed E-state index contributed by atoms with van der Waals surface area (Å²) in [5.74, 6) is -2.14. The van der Waals surface area contributed by atoms with Crippen LogP contribution < -0.4 is 5.32 Å². The number of benzene rings is 1. The zero-order chi connectivity index (χ0) is 28.1. The number of H-pyrrole nitrogens is 1. The molecule has 206 valence electrons. The Bertz CT molecular complexity index is 1410. The Morgan fingerprint density at radius 1 is 1.00 bits per heavy atom. The Kier molecular flexibility index (Phi) is 7.27. The van der Waals surface area contributed by atoms with Crippen LogP contribution in [0.15, 0.2) is 77.6 Å². The van der Waals surface area contributed by atoms with Gasteiger partial charge in [-0.05, 0) is 74.5 Å². The second-order valence-corrected chi connectivity index (χ2v) is 11.5. The number of ketones is 1. The summed E-state index contributed by atoms with van der Waals surface area (Å²) in [7, 11) is 0. The summed E-state index contributed by atoms with van der Waals surface area (Å²) in [4.78, 5) is 31.5. The van der Waals surface area contributed by atoms with Gasteiger partial charge in [0.1, 0.15) is 17.6 Å². The summed E-state index contributed by atoms with van der Waals surface area (Å²) in [6.07, 6.45) is 7.71. The third-order valence-electron chi connectivity index (χ3n) is 9.14. The lowest BCUT2D eigenvalue weighted by Crippen LogP contribution is -2.55. The molecule has 1 spiro atoms. The van der Waals surface area contributed by atoms with Crippen molar-refractivity contribution in [2.75, 3.05) is 0 Å². The highest BCUT2D eigenvalue weighted by molar-refractivity contribution is 6.14. The first-order chi connectivity index (χ1) is 18.6. The molecule has 5 N–H and O–H groups in total. The van der Waals surface area contributed by atoms with Crippen LogP contribution in [0.4, 0.5) is 0 Å². The first-order valence-electron chi connectivity index (χ1n) is 13.7. The molecule has 2 aliphatic carbocycles. The van der Waals surface area contributed by atoms with Crippen molar-refractivity contribution in [3.05, 3.63) is 83.1 Å². The molecule has 2 aromatic rings. The molecule has 1 aromatic heterocycles. The summed E-state index contributed by atoms with van der Waals surface area (Å²) >= 11 is 0. The van der Waals surface area contributed by atoms with E-state index >= 15 is 0 Å².